The number of rotatable bonds is 5. The van der Waals surface area contributed by atoms with Gasteiger partial charge < -0.3 is 10.4 Å². The third kappa shape index (κ3) is 4.06. The molecule has 0 spiro atoms. The van der Waals surface area contributed by atoms with Crippen molar-refractivity contribution in [3.05, 3.63) is 57.8 Å². The van der Waals surface area contributed by atoms with Crippen LogP contribution in [0, 0.1) is 0 Å². The first-order valence-corrected chi connectivity index (χ1v) is 6.98. The lowest BCUT2D eigenvalue weighted by atomic mass is 10.1. The SMILES string of the molecule is OC(CNCc1cccc(C(F)(F)F)c1)c1ccsc1. The van der Waals surface area contributed by atoms with Gasteiger partial charge in [-0.3, -0.25) is 0 Å². The maximum atomic E-state index is 12.5. The van der Waals surface area contributed by atoms with E-state index in [4.69, 9.17) is 0 Å². The van der Waals surface area contributed by atoms with Gasteiger partial charge in [-0.15, -0.1) is 0 Å². The van der Waals surface area contributed by atoms with E-state index in [0.717, 1.165) is 17.7 Å². The molecule has 0 saturated heterocycles. The molecule has 0 aliphatic rings. The Balaban J connectivity index is 1.88. The van der Waals surface area contributed by atoms with E-state index < -0.39 is 17.8 Å². The summed E-state index contributed by atoms with van der Waals surface area (Å²) in [5.41, 5.74) is 0.694. The summed E-state index contributed by atoms with van der Waals surface area (Å²) in [4.78, 5) is 0. The van der Waals surface area contributed by atoms with E-state index in [1.54, 1.807) is 6.07 Å². The molecule has 20 heavy (non-hydrogen) atoms. The van der Waals surface area contributed by atoms with Gasteiger partial charge in [0.2, 0.25) is 0 Å². The summed E-state index contributed by atoms with van der Waals surface area (Å²) in [5.74, 6) is 0. The summed E-state index contributed by atoms with van der Waals surface area (Å²) >= 11 is 1.49. The number of aliphatic hydroxyl groups excluding tert-OH is 1. The maximum Gasteiger partial charge on any atom is 0.416 e. The number of aliphatic hydroxyl groups is 1. The predicted octanol–water partition coefficient (Wildman–Crippen LogP) is 3.59. The molecule has 2 aromatic rings. The topological polar surface area (TPSA) is 32.3 Å². The van der Waals surface area contributed by atoms with Crippen molar-refractivity contribution in [2.75, 3.05) is 6.54 Å². The van der Waals surface area contributed by atoms with Crippen LogP contribution in [0.4, 0.5) is 13.2 Å². The molecule has 0 bridgehead atoms. The first kappa shape index (κ1) is 15.0. The van der Waals surface area contributed by atoms with Gasteiger partial charge in [-0.2, -0.15) is 24.5 Å². The van der Waals surface area contributed by atoms with Crippen LogP contribution >= 0.6 is 11.3 Å². The molecule has 2 rings (SSSR count). The van der Waals surface area contributed by atoms with Crippen LogP contribution in [0.2, 0.25) is 0 Å². The van der Waals surface area contributed by atoms with Crippen LogP contribution in [0.5, 0.6) is 0 Å². The van der Waals surface area contributed by atoms with E-state index in [2.05, 4.69) is 5.32 Å². The molecule has 6 heteroatoms. The number of hydrogen-bond acceptors (Lipinski definition) is 3. The third-order valence-corrected chi connectivity index (χ3v) is 3.55. The molecular weight excluding hydrogens is 287 g/mol. The molecule has 0 fully saturated rings. The van der Waals surface area contributed by atoms with Crippen molar-refractivity contribution in [1.29, 1.82) is 0 Å². The number of alkyl halides is 3. The number of nitrogens with one attached hydrogen (secondary N) is 1. The molecule has 0 aliphatic carbocycles. The van der Waals surface area contributed by atoms with Crippen molar-refractivity contribution in [2.45, 2.75) is 18.8 Å². The lowest BCUT2D eigenvalue weighted by Crippen LogP contribution is -2.21. The Morgan fingerprint density at radius 2 is 2.05 bits per heavy atom. The second-order valence-corrected chi connectivity index (χ2v) is 5.18. The van der Waals surface area contributed by atoms with Crippen LogP contribution in [-0.4, -0.2) is 11.7 Å². The highest BCUT2D eigenvalue weighted by molar-refractivity contribution is 7.07. The minimum absolute atomic E-state index is 0.283. The van der Waals surface area contributed by atoms with Crippen molar-refractivity contribution in [3.63, 3.8) is 0 Å². The highest BCUT2D eigenvalue weighted by Crippen LogP contribution is 2.29. The van der Waals surface area contributed by atoms with E-state index in [0.29, 0.717) is 12.1 Å². The Kier molecular flexibility index (Phi) is 4.80. The smallest absolute Gasteiger partial charge is 0.387 e. The highest BCUT2D eigenvalue weighted by atomic mass is 32.1. The summed E-state index contributed by atoms with van der Waals surface area (Å²) in [6.45, 7) is 0.581. The third-order valence-electron chi connectivity index (χ3n) is 2.85. The molecule has 1 aromatic carbocycles. The van der Waals surface area contributed by atoms with Gasteiger partial charge in [0, 0.05) is 13.1 Å². The summed E-state index contributed by atoms with van der Waals surface area (Å²) in [5, 5.41) is 16.5. The lowest BCUT2D eigenvalue weighted by Gasteiger charge is -2.12. The van der Waals surface area contributed by atoms with Crippen molar-refractivity contribution in [2.24, 2.45) is 0 Å². The molecule has 1 heterocycles. The Morgan fingerprint density at radius 3 is 2.70 bits per heavy atom. The van der Waals surface area contributed by atoms with Gasteiger partial charge in [-0.1, -0.05) is 18.2 Å². The van der Waals surface area contributed by atoms with Gasteiger partial charge in [-0.25, -0.2) is 0 Å². The fourth-order valence-corrected chi connectivity index (χ4v) is 2.50. The molecule has 2 nitrogen and oxygen atoms in total. The largest absolute Gasteiger partial charge is 0.416 e. The number of benzene rings is 1. The molecule has 1 atom stereocenters. The van der Waals surface area contributed by atoms with Gasteiger partial charge in [0.25, 0.3) is 0 Å². The van der Waals surface area contributed by atoms with Crippen LogP contribution in [0.1, 0.15) is 22.8 Å². The zero-order valence-corrected chi connectivity index (χ0v) is 11.3. The second kappa shape index (κ2) is 6.39. The maximum absolute atomic E-state index is 12.5. The van der Waals surface area contributed by atoms with Gasteiger partial charge >= 0.3 is 6.18 Å². The van der Waals surface area contributed by atoms with Crippen molar-refractivity contribution >= 4 is 11.3 Å². The number of thiophene rings is 1. The molecule has 1 unspecified atom stereocenters. The Bertz CT molecular complexity index is 540. The van der Waals surface area contributed by atoms with Gasteiger partial charge in [0.15, 0.2) is 0 Å². The van der Waals surface area contributed by atoms with E-state index in [9.17, 15) is 18.3 Å². The monoisotopic (exact) mass is 301 g/mol. The van der Waals surface area contributed by atoms with E-state index in [1.807, 2.05) is 16.8 Å². The predicted molar refractivity (Wildman–Crippen MR) is 72.4 cm³/mol. The van der Waals surface area contributed by atoms with Crippen molar-refractivity contribution in [1.82, 2.24) is 5.32 Å². The minimum Gasteiger partial charge on any atom is -0.387 e. The van der Waals surface area contributed by atoms with Crippen LogP contribution < -0.4 is 5.32 Å². The molecule has 0 radical (unpaired) electrons. The molecule has 2 N–H and O–H groups in total. The van der Waals surface area contributed by atoms with Gasteiger partial charge in [0.05, 0.1) is 11.7 Å². The first-order chi connectivity index (χ1) is 9.47. The number of halogens is 3. The van der Waals surface area contributed by atoms with Crippen molar-refractivity contribution in [3.8, 4) is 0 Å². The second-order valence-electron chi connectivity index (χ2n) is 4.40. The van der Waals surface area contributed by atoms with Crippen molar-refractivity contribution < 1.29 is 18.3 Å². The number of hydrogen-bond donors (Lipinski definition) is 2. The summed E-state index contributed by atoms with van der Waals surface area (Å²) in [7, 11) is 0. The van der Waals surface area contributed by atoms with Gasteiger partial charge in [-0.05, 0) is 34.0 Å². The van der Waals surface area contributed by atoms with Crippen LogP contribution in [-0.2, 0) is 12.7 Å². The Morgan fingerprint density at radius 1 is 1.25 bits per heavy atom. The minimum atomic E-state index is -4.33. The molecular formula is C14H14F3NOS. The van der Waals surface area contributed by atoms with Gasteiger partial charge in [0.1, 0.15) is 0 Å². The Hall–Kier alpha value is -1.37. The molecule has 0 amide bonds. The zero-order chi connectivity index (χ0) is 14.6. The highest BCUT2D eigenvalue weighted by Gasteiger charge is 2.30. The quantitative estimate of drug-likeness (QED) is 0.884. The molecule has 108 valence electrons. The summed E-state index contributed by atoms with van der Waals surface area (Å²) in [6.07, 6.45) is -4.97. The molecule has 1 aromatic heterocycles. The van der Waals surface area contributed by atoms with Crippen LogP contribution in [0.15, 0.2) is 41.1 Å². The molecule has 0 aliphatic heterocycles. The van der Waals surface area contributed by atoms with E-state index in [-0.39, 0.29) is 6.54 Å². The first-order valence-electron chi connectivity index (χ1n) is 6.04. The van der Waals surface area contributed by atoms with Crippen LogP contribution in [0.3, 0.4) is 0 Å². The van der Waals surface area contributed by atoms with Crippen LogP contribution in [0.25, 0.3) is 0 Å². The molecule has 0 saturated carbocycles. The summed E-state index contributed by atoms with van der Waals surface area (Å²) in [6, 6.07) is 6.99. The fourth-order valence-electron chi connectivity index (χ4n) is 1.79. The summed E-state index contributed by atoms with van der Waals surface area (Å²) < 4.78 is 37.6. The fraction of sp³-hybridized carbons (Fsp3) is 0.286. The van der Waals surface area contributed by atoms with E-state index >= 15 is 0 Å². The standard InChI is InChI=1S/C14H14F3NOS/c15-14(16,17)12-3-1-2-10(6-12)7-18-8-13(19)11-4-5-20-9-11/h1-6,9,13,18-19H,7-8H2. The normalized spacial score (nSPS) is 13.4. The average Bonchev–Trinajstić information content (AvgIpc) is 2.92. The average molecular weight is 301 g/mol. The lowest BCUT2D eigenvalue weighted by molar-refractivity contribution is -0.137. The Labute approximate surface area is 118 Å². The van der Waals surface area contributed by atoms with E-state index in [1.165, 1.54) is 17.4 Å². The zero-order valence-electron chi connectivity index (χ0n) is 10.5.